The van der Waals surface area contributed by atoms with E-state index in [9.17, 15) is 34.5 Å². The Morgan fingerprint density at radius 3 is 2.25 bits per heavy atom. The Morgan fingerprint density at radius 2 is 1.56 bits per heavy atom. The number of rotatable bonds is 24. The maximum absolute atomic E-state index is 12.2. The van der Waals surface area contributed by atoms with E-state index in [2.05, 4.69) is 21.3 Å². The first kappa shape index (κ1) is 41.7. The smallest absolute Gasteiger partial charge is 0.249 e. The molecule has 2 saturated heterocycles. The van der Waals surface area contributed by atoms with Crippen LogP contribution in [0.3, 0.4) is 0 Å². The van der Waals surface area contributed by atoms with Gasteiger partial charge in [0.15, 0.2) is 6.29 Å². The Bertz CT molecular complexity index is 958. The Hall–Kier alpha value is -2.44. The van der Waals surface area contributed by atoms with E-state index in [4.69, 9.17) is 23.7 Å². The molecule has 5 unspecified atom stereocenters. The molecule has 2 heterocycles. The van der Waals surface area contributed by atoms with Crippen molar-refractivity contribution in [2.24, 2.45) is 0 Å². The lowest BCUT2D eigenvalue weighted by Crippen LogP contribution is -2.64. The number of ether oxygens (including phenoxy) is 5. The van der Waals surface area contributed by atoms with Crippen molar-refractivity contribution in [3.8, 4) is 0 Å². The van der Waals surface area contributed by atoms with Gasteiger partial charge in [-0.2, -0.15) is 0 Å². The second kappa shape index (κ2) is 23.8. The maximum Gasteiger partial charge on any atom is 0.249 e. The summed E-state index contributed by atoms with van der Waals surface area (Å²) in [5.74, 6) is -1.03. The van der Waals surface area contributed by atoms with Crippen molar-refractivity contribution in [1.29, 1.82) is 0 Å². The van der Waals surface area contributed by atoms with Gasteiger partial charge in [0.1, 0.15) is 30.5 Å². The van der Waals surface area contributed by atoms with Gasteiger partial charge >= 0.3 is 0 Å². The number of unbranched alkanes of at least 4 members (excludes halogenated alkanes) is 6. The molecular formula is C32H58N4O12. The summed E-state index contributed by atoms with van der Waals surface area (Å²) in [4.78, 5) is 47.7. The fourth-order valence-electron chi connectivity index (χ4n) is 5.41. The molecule has 0 radical (unpaired) electrons. The van der Waals surface area contributed by atoms with Crippen molar-refractivity contribution >= 4 is 23.6 Å². The highest BCUT2D eigenvalue weighted by Gasteiger charge is 2.45. The number of hydrogen-bond donors (Lipinski definition) is 7. The zero-order valence-electron chi connectivity index (χ0n) is 28.7. The number of hydrogen-bond acceptors (Lipinski definition) is 12. The minimum absolute atomic E-state index is 0.0147. The van der Waals surface area contributed by atoms with Gasteiger partial charge in [-0.15, -0.1) is 0 Å². The molecule has 2 fully saturated rings. The van der Waals surface area contributed by atoms with E-state index in [0.717, 1.165) is 44.9 Å². The van der Waals surface area contributed by atoms with Crippen LogP contribution in [0.4, 0.5) is 0 Å². The molecule has 16 nitrogen and oxygen atoms in total. The van der Waals surface area contributed by atoms with Crippen LogP contribution in [-0.4, -0.2) is 141 Å². The van der Waals surface area contributed by atoms with Crippen molar-refractivity contribution in [3.63, 3.8) is 0 Å². The van der Waals surface area contributed by atoms with Crippen LogP contribution in [0.5, 0.6) is 0 Å². The molecule has 0 spiro atoms. The third-order valence-electron chi connectivity index (χ3n) is 7.87. The highest BCUT2D eigenvalue weighted by atomic mass is 16.7. The molecule has 7 atom stereocenters. The van der Waals surface area contributed by atoms with Crippen LogP contribution < -0.4 is 21.3 Å². The van der Waals surface area contributed by atoms with E-state index in [1.165, 1.54) is 6.92 Å². The van der Waals surface area contributed by atoms with E-state index in [1.54, 1.807) is 0 Å². The largest absolute Gasteiger partial charge is 0.394 e. The summed E-state index contributed by atoms with van der Waals surface area (Å²) in [5.41, 5.74) is 0. The maximum atomic E-state index is 12.2. The average molecular weight is 691 g/mol. The number of carbonyl (C=O) groups excluding carboxylic acids is 4. The quantitative estimate of drug-likeness (QED) is 0.0607. The fourth-order valence-corrected chi connectivity index (χ4v) is 5.41. The predicted molar refractivity (Wildman–Crippen MR) is 172 cm³/mol. The van der Waals surface area contributed by atoms with Gasteiger partial charge in [0.05, 0.1) is 51.8 Å². The molecule has 2 aliphatic rings. The topological polar surface area (TPSA) is 223 Å². The standard InChI is InChI=1S/C32H58N4O12/c1-21(2)47-23-17-24(46-20-23)31(43)34-12-10-8-6-4-5-7-9-11-26(39)35-18-27(40)33-13-14-44-15-16-45-32-28(36-22(3)38)30(42)29(41)25(19-37)48-32/h21,23-25,28-30,32,37,41-42H,4-20H2,1-3H3,(H,33,40)(H,34,43)(H,35,39)(H,36,38)/t23-,24?,25-,28?,29?,30?,32?/m1/s1. The van der Waals surface area contributed by atoms with Crippen LogP contribution in [0, 0.1) is 0 Å². The molecule has 0 aromatic rings. The first-order valence-corrected chi connectivity index (χ1v) is 17.2. The third kappa shape index (κ3) is 16.8. The van der Waals surface area contributed by atoms with Gasteiger partial charge in [-0.05, 0) is 26.7 Å². The molecule has 2 aliphatic heterocycles. The zero-order valence-corrected chi connectivity index (χ0v) is 28.7. The van der Waals surface area contributed by atoms with Gasteiger partial charge in [-0.3, -0.25) is 19.2 Å². The van der Waals surface area contributed by atoms with E-state index < -0.39 is 49.3 Å². The fraction of sp³-hybridized carbons (Fsp3) is 0.875. The molecule has 0 bridgehead atoms. The Labute approximate surface area is 283 Å². The van der Waals surface area contributed by atoms with Crippen LogP contribution in [0.25, 0.3) is 0 Å². The highest BCUT2D eigenvalue weighted by molar-refractivity contribution is 5.84. The minimum atomic E-state index is -1.40. The second-order valence-corrected chi connectivity index (χ2v) is 12.4. The molecule has 0 aromatic carbocycles. The van der Waals surface area contributed by atoms with Crippen molar-refractivity contribution < 1.29 is 58.2 Å². The van der Waals surface area contributed by atoms with Crippen molar-refractivity contribution in [2.45, 2.75) is 128 Å². The van der Waals surface area contributed by atoms with Crippen LogP contribution >= 0.6 is 0 Å². The number of amides is 4. The first-order valence-electron chi connectivity index (χ1n) is 17.2. The van der Waals surface area contributed by atoms with Gasteiger partial charge < -0.3 is 60.3 Å². The molecule has 7 N–H and O–H groups in total. The normalized spacial score (nSPS) is 25.5. The van der Waals surface area contributed by atoms with E-state index in [1.807, 2.05) is 13.8 Å². The second-order valence-electron chi connectivity index (χ2n) is 12.4. The van der Waals surface area contributed by atoms with Crippen molar-refractivity contribution in [3.05, 3.63) is 0 Å². The SMILES string of the molecule is CC(=O)NC1C(OCCOCCNC(=O)CNC(=O)CCCCCCCCCNC(=O)C2C[C@@H](OC(C)C)CO2)O[C@H](CO)C(O)C1O. The van der Waals surface area contributed by atoms with Crippen LogP contribution in [0.15, 0.2) is 0 Å². The van der Waals surface area contributed by atoms with E-state index >= 15 is 0 Å². The lowest BCUT2D eigenvalue weighted by Gasteiger charge is -2.42. The van der Waals surface area contributed by atoms with Crippen molar-refractivity contribution in [2.75, 3.05) is 52.7 Å². The lowest BCUT2D eigenvalue weighted by molar-refractivity contribution is -0.272. The Morgan fingerprint density at radius 1 is 0.854 bits per heavy atom. The number of aliphatic hydroxyl groups is 3. The first-order chi connectivity index (χ1) is 23.0. The summed E-state index contributed by atoms with van der Waals surface area (Å²) in [5, 5.41) is 40.3. The van der Waals surface area contributed by atoms with Gasteiger partial charge in [0.2, 0.25) is 23.6 Å². The Kier molecular flexibility index (Phi) is 20.7. The summed E-state index contributed by atoms with van der Waals surface area (Å²) in [6, 6.07) is -1.03. The molecule has 0 saturated carbocycles. The summed E-state index contributed by atoms with van der Waals surface area (Å²) in [6.07, 6.45) is 2.45. The van der Waals surface area contributed by atoms with Gasteiger partial charge in [-0.1, -0.05) is 32.1 Å². The number of aliphatic hydroxyl groups excluding tert-OH is 3. The van der Waals surface area contributed by atoms with E-state index in [0.29, 0.717) is 26.0 Å². The van der Waals surface area contributed by atoms with Crippen LogP contribution in [0.1, 0.15) is 78.6 Å². The molecular weight excluding hydrogens is 632 g/mol. The van der Waals surface area contributed by atoms with Crippen LogP contribution in [-0.2, 0) is 42.9 Å². The van der Waals surface area contributed by atoms with Crippen LogP contribution in [0.2, 0.25) is 0 Å². The summed E-state index contributed by atoms with van der Waals surface area (Å²) in [7, 11) is 0. The molecule has 2 rings (SSSR count). The Balaban J connectivity index is 1.39. The number of carbonyl (C=O) groups is 4. The zero-order chi connectivity index (χ0) is 35.3. The lowest BCUT2D eigenvalue weighted by atomic mass is 9.97. The molecule has 4 amide bonds. The summed E-state index contributed by atoms with van der Waals surface area (Å²) >= 11 is 0. The van der Waals surface area contributed by atoms with Gasteiger partial charge in [0.25, 0.3) is 0 Å². The molecule has 16 heteroatoms. The summed E-state index contributed by atoms with van der Waals surface area (Å²) in [6.45, 7) is 6.17. The average Bonchev–Trinajstić information content (AvgIpc) is 3.51. The summed E-state index contributed by atoms with van der Waals surface area (Å²) < 4.78 is 27.7. The predicted octanol–water partition coefficient (Wildman–Crippen LogP) is -0.985. The molecule has 278 valence electrons. The number of nitrogens with one attached hydrogen (secondary N) is 4. The third-order valence-corrected chi connectivity index (χ3v) is 7.87. The van der Waals surface area contributed by atoms with E-state index in [-0.39, 0.29) is 62.8 Å². The van der Waals surface area contributed by atoms with Crippen molar-refractivity contribution in [1.82, 2.24) is 21.3 Å². The molecule has 0 aliphatic carbocycles. The molecule has 0 aromatic heterocycles. The molecule has 48 heavy (non-hydrogen) atoms. The monoisotopic (exact) mass is 690 g/mol. The van der Waals surface area contributed by atoms with Gasteiger partial charge in [0, 0.05) is 32.9 Å². The highest BCUT2D eigenvalue weighted by Crippen LogP contribution is 2.22. The van der Waals surface area contributed by atoms with Gasteiger partial charge in [-0.25, -0.2) is 0 Å². The minimum Gasteiger partial charge on any atom is -0.394 e.